The van der Waals surface area contributed by atoms with Crippen LogP contribution in [0.2, 0.25) is 0 Å². The fraction of sp³-hybridized carbons (Fsp3) is 0.444. The maximum Gasteiger partial charge on any atom is 0.191 e. The van der Waals surface area contributed by atoms with Crippen LogP contribution in [0.5, 0.6) is 0 Å². The number of halogens is 1. The Morgan fingerprint density at radius 2 is 1.92 bits per heavy atom. The van der Waals surface area contributed by atoms with Gasteiger partial charge < -0.3 is 15.5 Å². The van der Waals surface area contributed by atoms with E-state index in [1.165, 1.54) is 5.56 Å². The number of aromatic nitrogens is 2. The summed E-state index contributed by atoms with van der Waals surface area (Å²) in [5, 5.41) is 10.9. The van der Waals surface area contributed by atoms with Gasteiger partial charge in [-0.25, -0.2) is 0 Å². The average molecular weight is 456 g/mol. The van der Waals surface area contributed by atoms with Gasteiger partial charge in [-0.15, -0.1) is 24.0 Å². The van der Waals surface area contributed by atoms with E-state index >= 15 is 0 Å². The molecule has 0 aliphatic rings. The lowest BCUT2D eigenvalue weighted by atomic mass is 10.1. The highest BCUT2D eigenvalue weighted by Gasteiger charge is 2.13. The van der Waals surface area contributed by atoms with Gasteiger partial charge in [0, 0.05) is 32.9 Å². The van der Waals surface area contributed by atoms with E-state index in [0.717, 1.165) is 24.6 Å². The summed E-state index contributed by atoms with van der Waals surface area (Å²) in [7, 11) is 7.96. The molecule has 0 bridgehead atoms. The molecular weight excluding hydrogens is 427 g/mol. The van der Waals surface area contributed by atoms with Gasteiger partial charge in [0.05, 0.1) is 12.2 Å². The predicted molar refractivity (Wildman–Crippen MR) is 114 cm³/mol. The van der Waals surface area contributed by atoms with Crippen molar-refractivity contribution in [3.8, 4) is 0 Å². The molecule has 138 valence electrons. The molecule has 2 rings (SSSR count). The fourth-order valence-electron chi connectivity index (χ4n) is 2.51. The molecule has 0 radical (unpaired) electrons. The maximum atomic E-state index is 4.30. The molecule has 0 spiro atoms. The van der Waals surface area contributed by atoms with E-state index in [-0.39, 0.29) is 24.0 Å². The Morgan fingerprint density at radius 3 is 2.48 bits per heavy atom. The third-order valence-electron chi connectivity index (χ3n) is 4.13. The molecule has 0 saturated carbocycles. The Hall–Kier alpha value is -1.61. The van der Waals surface area contributed by atoms with Crippen molar-refractivity contribution in [2.24, 2.45) is 12.0 Å². The molecule has 1 aromatic heterocycles. The molecule has 0 saturated heterocycles. The van der Waals surface area contributed by atoms with E-state index in [1.807, 2.05) is 17.8 Å². The van der Waals surface area contributed by atoms with Crippen molar-refractivity contribution in [3.05, 3.63) is 53.9 Å². The first-order valence-electron chi connectivity index (χ1n) is 8.22. The van der Waals surface area contributed by atoms with Crippen LogP contribution in [-0.2, 0) is 20.0 Å². The monoisotopic (exact) mass is 456 g/mol. The summed E-state index contributed by atoms with van der Waals surface area (Å²) in [5.74, 6) is 0.802. The number of hydrogen-bond donors (Lipinski definition) is 2. The van der Waals surface area contributed by atoms with Crippen molar-refractivity contribution in [1.29, 1.82) is 0 Å². The standard InChI is InChI=1S/C18H28N6.HI/c1-19-18(20-13-16-10-11-22-24(16)4)21-14-17(23(2)3)12-15-8-6-5-7-9-15;/h5-11,17H,12-14H2,1-4H3,(H2,19,20,21);1H. The second kappa shape index (κ2) is 11.1. The van der Waals surface area contributed by atoms with E-state index in [0.29, 0.717) is 12.6 Å². The highest BCUT2D eigenvalue weighted by molar-refractivity contribution is 14.0. The van der Waals surface area contributed by atoms with Crippen LogP contribution in [0, 0.1) is 0 Å². The van der Waals surface area contributed by atoms with Crippen molar-refractivity contribution in [3.63, 3.8) is 0 Å². The van der Waals surface area contributed by atoms with Crippen LogP contribution < -0.4 is 10.6 Å². The Labute approximate surface area is 167 Å². The summed E-state index contributed by atoms with van der Waals surface area (Å²) in [6.45, 7) is 1.52. The zero-order valence-electron chi connectivity index (χ0n) is 15.4. The first kappa shape index (κ1) is 21.4. The number of likely N-dealkylation sites (N-methyl/N-ethyl adjacent to an activating group) is 1. The maximum absolute atomic E-state index is 4.30. The molecule has 6 nitrogen and oxygen atoms in total. The number of hydrogen-bond acceptors (Lipinski definition) is 3. The summed E-state index contributed by atoms with van der Waals surface area (Å²) in [5.41, 5.74) is 2.46. The average Bonchev–Trinajstić information content (AvgIpc) is 2.99. The molecule has 1 atom stereocenters. The minimum Gasteiger partial charge on any atom is -0.355 e. The summed E-state index contributed by atoms with van der Waals surface area (Å²) in [4.78, 5) is 6.55. The van der Waals surface area contributed by atoms with Crippen molar-refractivity contribution in [2.75, 3.05) is 27.7 Å². The molecule has 1 unspecified atom stereocenters. The fourth-order valence-corrected chi connectivity index (χ4v) is 2.51. The minimum absolute atomic E-state index is 0. The predicted octanol–water partition coefficient (Wildman–Crippen LogP) is 1.88. The van der Waals surface area contributed by atoms with Crippen LogP contribution in [0.15, 0.2) is 47.6 Å². The number of benzene rings is 1. The van der Waals surface area contributed by atoms with Gasteiger partial charge in [-0.1, -0.05) is 30.3 Å². The number of rotatable bonds is 7. The first-order valence-corrected chi connectivity index (χ1v) is 8.22. The number of aryl methyl sites for hydroxylation is 1. The van der Waals surface area contributed by atoms with Gasteiger partial charge in [-0.05, 0) is 32.1 Å². The molecular formula is C18H29IN6. The Balaban J connectivity index is 0.00000312. The van der Waals surface area contributed by atoms with Crippen molar-refractivity contribution in [1.82, 2.24) is 25.3 Å². The SMILES string of the molecule is CN=C(NCc1ccnn1C)NCC(Cc1ccccc1)N(C)C.I. The van der Waals surface area contributed by atoms with Gasteiger partial charge in [0.15, 0.2) is 5.96 Å². The number of nitrogens with zero attached hydrogens (tertiary/aromatic N) is 4. The number of guanidine groups is 1. The van der Waals surface area contributed by atoms with E-state index in [4.69, 9.17) is 0 Å². The van der Waals surface area contributed by atoms with Crippen LogP contribution in [0.4, 0.5) is 0 Å². The topological polar surface area (TPSA) is 57.5 Å². The molecule has 7 heteroatoms. The normalized spacial score (nSPS) is 12.6. The molecule has 0 aliphatic carbocycles. The lowest BCUT2D eigenvalue weighted by molar-refractivity contribution is 0.290. The Kier molecular flexibility index (Phi) is 9.51. The second-order valence-electron chi connectivity index (χ2n) is 6.06. The van der Waals surface area contributed by atoms with Crippen LogP contribution in [-0.4, -0.2) is 54.4 Å². The summed E-state index contributed by atoms with van der Waals surface area (Å²) >= 11 is 0. The third kappa shape index (κ3) is 7.03. The molecule has 25 heavy (non-hydrogen) atoms. The third-order valence-corrected chi connectivity index (χ3v) is 4.13. The van der Waals surface area contributed by atoms with E-state index < -0.39 is 0 Å². The Bertz CT molecular complexity index is 638. The summed E-state index contributed by atoms with van der Waals surface area (Å²) < 4.78 is 1.86. The van der Waals surface area contributed by atoms with Crippen LogP contribution in [0.1, 0.15) is 11.3 Å². The molecule has 0 aliphatic heterocycles. The highest BCUT2D eigenvalue weighted by Crippen LogP contribution is 2.06. The molecule has 1 heterocycles. The summed E-state index contributed by atoms with van der Waals surface area (Å²) in [6, 6.07) is 13.0. The smallest absolute Gasteiger partial charge is 0.191 e. The van der Waals surface area contributed by atoms with Crippen LogP contribution in [0.25, 0.3) is 0 Å². The minimum atomic E-state index is 0. The molecule has 0 amide bonds. The lowest BCUT2D eigenvalue weighted by Crippen LogP contribution is -2.45. The van der Waals surface area contributed by atoms with Gasteiger partial charge in [-0.2, -0.15) is 5.10 Å². The second-order valence-corrected chi connectivity index (χ2v) is 6.06. The van der Waals surface area contributed by atoms with Gasteiger partial charge in [0.25, 0.3) is 0 Å². The highest BCUT2D eigenvalue weighted by atomic mass is 127. The van der Waals surface area contributed by atoms with Crippen molar-refractivity contribution in [2.45, 2.75) is 19.0 Å². The first-order chi connectivity index (χ1) is 11.6. The van der Waals surface area contributed by atoms with Crippen LogP contribution in [0.3, 0.4) is 0 Å². The zero-order valence-corrected chi connectivity index (χ0v) is 17.8. The van der Waals surface area contributed by atoms with E-state index in [1.54, 1.807) is 13.2 Å². The molecule has 1 aromatic carbocycles. The van der Waals surface area contributed by atoms with Gasteiger partial charge in [0.2, 0.25) is 0 Å². The van der Waals surface area contributed by atoms with Gasteiger partial charge in [-0.3, -0.25) is 9.67 Å². The van der Waals surface area contributed by atoms with Crippen molar-refractivity contribution < 1.29 is 0 Å². The molecule has 2 N–H and O–H groups in total. The lowest BCUT2D eigenvalue weighted by Gasteiger charge is -2.25. The van der Waals surface area contributed by atoms with Gasteiger partial charge >= 0.3 is 0 Å². The van der Waals surface area contributed by atoms with E-state index in [9.17, 15) is 0 Å². The molecule has 0 fully saturated rings. The van der Waals surface area contributed by atoms with Crippen LogP contribution >= 0.6 is 24.0 Å². The Morgan fingerprint density at radius 1 is 1.20 bits per heavy atom. The molecule has 2 aromatic rings. The summed E-state index contributed by atoms with van der Waals surface area (Å²) in [6.07, 6.45) is 2.80. The van der Waals surface area contributed by atoms with Gasteiger partial charge in [0.1, 0.15) is 0 Å². The van der Waals surface area contributed by atoms with Crippen molar-refractivity contribution >= 4 is 29.9 Å². The number of aliphatic imine (C=N–C) groups is 1. The zero-order chi connectivity index (χ0) is 17.4. The largest absolute Gasteiger partial charge is 0.355 e. The van der Waals surface area contributed by atoms with E-state index in [2.05, 4.69) is 70.1 Å². The quantitative estimate of drug-likeness (QED) is 0.380. The number of nitrogens with one attached hydrogen (secondary N) is 2.